The zero-order chi connectivity index (χ0) is 28.2. The number of rotatable bonds is 3. The maximum atomic E-state index is 10.7. The first-order valence-electron chi connectivity index (χ1n) is 13.6. The average Bonchev–Trinajstić information content (AvgIpc) is 3.61. The number of benzene rings is 6. The van der Waals surface area contributed by atoms with E-state index in [1.807, 2.05) is 24.3 Å². The van der Waals surface area contributed by atoms with E-state index in [2.05, 4.69) is 109 Å². The van der Waals surface area contributed by atoms with E-state index in [-0.39, 0.29) is 0 Å². The summed E-state index contributed by atoms with van der Waals surface area (Å²) in [4.78, 5) is 0. The topological polar surface area (TPSA) is 47.6 Å². The third-order valence-electron chi connectivity index (χ3n) is 7.97. The van der Waals surface area contributed by atoms with Crippen LogP contribution in [0.15, 0.2) is 121 Å². The fourth-order valence-electron chi connectivity index (χ4n) is 5.91. The molecule has 0 fully saturated rings. The van der Waals surface area contributed by atoms with Crippen molar-refractivity contribution in [3.63, 3.8) is 0 Å². The number of nitrogens with zero attached hydrogens (tertiary/aromatic N) is 2. The van der Waals surface area contributed by atoms with Crippen LogP contribution in [0, 0.1) is 22.7 Å². The smallest absolute Gasteiger partial charge is 0.100 e. The Kier molecular flexibility index (Phi) is 5.66. The molecule has 6 aromatic carbocycles. The molecule has 0 saturated heterocycles. The van der Waals surface area contributed by atoms with Crippen molar-refractivity contribution in [3.8, 4) is 45.5 Å². The van der Waals surface area contributed by atoms with Crippen LogP contribution in [0.4, 0.5) is 0 Å². The minimum Gasteiger partial charge on any atom is -0.192 e. The van der Waals surface area contributed by atoms with Crippen LogP contribution in [0.5, 0.6) is 0 Å². The lowest BCUT2D eigenvalue weighted by Gasteiger charge is -2.15. The Hall–Kier alpha value is -5.26. The molecule has 0 saturated carbocycles. The SMILES string of the molecule is N#Cc1ccc(-c2cc(-c3ccc4sc5ccccc5c4c3)c(C#N)c(-c3ccc4sc5ccccc5c4c3)c2)cc1. The number of thiophene rings is 2. The fourth-order valence-corrected chi connectivity index (χ4v) is 8.08. The number of nitriles is 2. The van der Waals surface area contributed by atoms with E-state index >= 15 is 0 Å². The van der Waals surface area contributed by atoms with Crippen LogP contribution in [0.25, 0.3) is 73.7 Å². The van der Waals surface area contributed by atoms with Gasteiger partial charge in [0, 0.05) is 51.5 Å². The van der Waals surface area contributed by atoms with Crippen molar-refractivity contribution < 1.29 is 0 Å². The van der Waals surface area contributed by atoms with Crippen LogP contribution < -0.4 is 0 Å². The van der Waals surface area contributed by atoms with Gasteiger partial charge in [0.2, 0.25) is 0 Å². The monoisotopic (exact) mass is 568 g/mol. The van der Waals surface area contributed by atoms with Gasteiger partial charge in [0.15, 0.2) is 0 Å². The van der Waals surface area contributed by atoms with E-state index in [1.54, 1.807) is 22.7 Å². The molecule has 0 N–H and O–H groups in total. The maximum absolute atomic E-state index is 10.7. The Morgan fingerprint density at radius 2 is 0.881 bits per heavy atom. The Bertz CT molecular complexity index is 2290. The van der Waals surface area contributed by atoms with Gasteiger partial charge in [-0.25, -0.2) is 0 Å². The van der Waals surface area contributed by atoms with E-state index in [4.69, 9.17) is 0 Å². The van der Waals surface area contributed by atoms with Gasteiger partial charge in [0.05, 0.1) is 17.2 Å². The molecule has 0 unspecified atom stereocenters. The first kappa shape index (κ1) is 24.5. The van der Waals surface area contributed by atoms with Crippen LogP contribution in [0.2, 0.25) is 0 Å². The summed E-state index contributed by atoms with van der Waals surface area (Å²) in [5.41, 5.74) is 7.13. The molecule has 2 nitrogen and oxygen atoms in total. The highest BCUT2D eigenvalue weighted by Gasteiger charge is 2.18. The summed E-state index contributed by atoms with van der Waals surface area (Å²) in [5.74, 6) is 0. The Labute approximate surface area is 250 Å². The predicted octanol–water partition coefficient (Wildman–Crippen LogP) is 11.2. The van der Waals surface area contributed by atoms with Gasteiger partial charge in [0.25, 0.3) is 0 Å². The van der Waals surface area contributed by atoms with E-state index in [9.17, 15) is 10.5 Å². The van der Waals surface area contributed by atoms with Crippen molar-refractivity contribution in [1.29, 1.82) is 10.5 Å². The molecule has 0 aliphatic carbocycles. The molecule has 0 bridgehead atoms. The minimum absolute atomic E-state index is 0.623. The summed E-state index contributed by atoms with van der Waals surface area (Å²) < 4.78 is 4.98. The zero-order valence-electron chi connectivity index (χ0n) is 22.3. The van der Waals surface area contributed by atoms with Gasteiger partial charge >= 0.3 is 0 Å². The number of hydrogen-bond acceptors (Lipinski definition) is 4. The second-order valence-corrected chi connectivity index (χ2v) is 12.5. The van der Waals surface area contributed by atoms with Crippen molar-refractivity contribution in [2.75, 3.05) is 0 Å². The predicted molar refractivity (Wildman–Crippen MR) is 178 cm³/mol. The molecule has 0 radical (unpaired) electrons. The van der Waals surface area contributed by atoms with Gasteiger partial charge in [-0.1, -0.05) is 60.7 Å². The largest absolute Gasteiger partial charge is 0.192 e. The van der Waals surface area contributed by atoms with Crippen molar-refractivity contribution in [2.45, 2.75) is 0 Å². The summed E-state index contributed by atoms with van der Waals surface area (Å²) >= 11 is 3.58. The Balaban J connectivity index is 1.41. The molecule has 8 aromatic rings. The summed E-state index contributed by atoms with van der Waals surface area (Å²) in [7, 11) is 0. The molecule has 42 heavy (non-hydrogen) atoms. The molecule has 8 rings (SSSR count). The summed E-state index contributed by atoms with van der Waals surface area (Å²) in [6.07, 6.45) is 0. The van der Waals surface area contributed by atoms with E-state index < -0.39 is 0 Å². The first-order valence-corrected chi connectivity index (χ1v) is 15.3. The Morgan fingerprint density at radius 3 is 1.38 bits per heavy atom. The highest BCUT2D eigenvalue weighted by molar-refractivity contribution is 7.26. The third-order valence-corrected chi connectivity index (χ3v) is 10.3. The molecule has 4 heteroatoms. The molecule has 0 spiro atoms. The third kappa shape index (κ3) is 3.90. The standard InChI is InChI=1S/C38H20N2S2/c39-21-23-9-11-24(12-10-23)27-19-30(25-13-15-37-32(17-25)28-5-1-3-7-35(28)41-37)34(22-40)31(20-27)26-14-16-38-33(18-26)29-6-2-4-8-36(29)42-38/h1-20H. The molecule has 0 aliphatic heterocycles. The van der Waals surface area contributed by atoms with E-state index in [1.165, 1.54) is 40.3 Å². The van der Waals surface area contributed by atoms with E-state index in [0.29, 0.717) is 11.1 Å². The van der Waals surface area contributed by atoms with Crippen molar-refractivity contribution >= 4 is 63.0 Å². The Morgan fingerprint density at radius 1 is 0.405 bits per heavy atom. The van der Waals surface area contributed by atoms with Gasteiger partial charge < -0.3 is 0 Å². The van der Waals surface area contributed by atoms with Crippen LogP contribution >= 0.6 is 22.7 Å². The van der Waals surface area contributed by atoms with Crippen molar-refractivity contribution in [3.05, 3.63) is 132 Å². The summed E-state index contributed by atoms with van der Waals surface area (Å²) in [6.45, 7) is 0. The van der Waals surface area contributed by atoms with Gasteiger partial charge in [-0.2, -0.15) is 10.5 Å². The zero-order valence-corrected chi connectivity index (χ0v) is 23.9. The molecule has 0 amide bonds. The molecule has 0 atom stereocenters. The number of hydrogen-bond donors (Lipinski definition) is 0. The lowest BCUT2D eigenvalue weighted by molar-refractivity contribution is 1.46. The minimum atomic E-state index is 0.623. The van der Waals surface area contributed by atoms with Gasteiger partial charge in [-0.3, -0.25) is 0 Å². The van der Waals surface area contributed by atoms with Crippen LogP contribution in [-0.4, -0.2) is 0 Å². The molecular formula is C38H20N2S2. The summed E-state index contributed by atoms with van der Waals surface area (Å²) in [5, 5.41) is 24.9. The molecule has 0 aliphatic rings. The van der Waals surface area contributed by atoms with Crippen molar-refractivity contribution in [1.82, 2.24) is 0 Å². The molecule has 2 heterocycles. The summed E-state index contributed by atoms with van der Waals surface area (Å²) in [6, 6.07) is 46.7. The van der Waals surface area contributed by atoms with Gasteiger partial charge in [0.1, 0.15) is 6.07 Å². The van der Waals surface area contributed by atoms with Crippen molar-refractivity contribution in [2.24, 2.45) is 0 Å². The maximum Gasteiger partial charge on any atom is 0.100 e. The second-order valence-electron chi connectivity index (χ2n) is 10.4. The lowest BCUT2D eigenvalue weighted by Crippen LogP contribution is -1.93. The van der Waals surface area contributed by atoms with E-state index in [0.717, 1.165) is 33.4 Å². The average molecular weight is 569 g/mol. The molecule has 194 valence electrons. The van der Waals surface area contributed by atoms with Gasteiger partial charge in [-0.15, -0.1) is 22.7 Å². The second kappa shape index (κ2) is 9.68. The highest BCUT2D eigenvalue weighted by atomic mass is 32.1. The van der Waals surface area contributed by atoms with Crippen LogP contribution in [0.3, 0.4) is 0 Å². The lowest BCUT2D eigenvalue weighted by atomic mass is 9.87. The molecular weight excluding hydrogens is 549 g/mol. The van der Waals surface area contributed by atoms with Crippen LogP contribution in [0.1, 0.15) is 11.1 Å². The number of fused-ring (bicyclic) bond motifs is 6. The fraction of sp³-hybridized carbons (Fsp3) is 0. The molecule has 2 aromatic heterocycles. The quantitative estimate of drug-likeness (QED) is 0.213. The van der Waals surface area contributed by atoms with Gasteiger partial charge in [-0.05, 0) is 82.9 Å². The normalized spacial score (nSPS) is 11.3. The highest BCUT2D eigenvalue weighted by Crippen LogP contribution is 2.42. The van der Waals surface area contributed by atoms with Crippen LogP contribution in [-0.2, 0) is 0 Å². The first-order chi connectivity index (χ1) is 20.7.